The summed E-state index contributed by atoms with van der Waals surface area (Å²) in [5.74, 6) is 0.261. The highest BCUT2D eigenvalue weighted by atomic mass is 19.1. The number of benzene rings is 1. The van der Waals surface area contributed by atoms with Crippen LogP contribution in [0.25, 0.3) is 0 Å². The second kappa shape index (κ2) is 8.86. The highest BCUT2D eigenvalue weighted by molar-refractivity contribution is 5.77. The van der Waals surface area contributed by atoms with Crippen molar-refractivity contribution in [1.29, 1.82) is 0 Å². The Hall–Kier alpha value is -2.21. The molecule has 0 aliphatic carbocycles. The van der Waals surface area contributed by atoms with Crippen molar-refractivity contribution in [1.82, 2.24) is 19.6 Å². The Kier molecular flexibility index (Phi) is 6.50. The van der Waals surface area contributed by atoms with Gasteiger partial charge in [0.15, 0.2) is 0 Å². The second-order valence-electron chi connectivity index (χ2n) is 8.04. The zero-order chi connectivity index (χ0) is 20.3. The number of carbonyl (C=O) groups is 1. The van der Waals surface area contributed by atoms with Crippen LogP contribution in [-0.2, 0) is 24.4 Å². The van der Waals surface area contributed by atoms with Crippen molar-refractivity contribution in [3.05, 3.63) is 53.1 Å². The van der Waals surface area contributed by atoms with E-state index in [1.165, 1.54) is 17.7 Å². The van der Waals surface area contributed by atoms with Crippen LogP contribution in [0.1, 0.15) is 44.0 Å². The molecule has 0 radical (unpaired) electrons. The van der Waals surface area contributed by atoms with Crippen LogP contribution in [-0.4, -0.2) is 44.6 Å². The normalized spacial score (nSPS) is 18.7. The van der Waals surface area contributed by atoms with E-state index in [0.717, 1.165) is 37.4 Å². The number of aryl methyl sites for hydroxylation is 2. The van der Waals surface area contributed by atoms with Crippen molar-refractivity contribution in [2.75, 3.05) is 13.1 Å². The summed E-state index contributed by atoms with van der Waals surface area (Å²) in [5, 5.41) is 4.55. The van der Waals surface area contributed by atoms with Gasteiger partial charge in [0.1, 0.15) is 5.82 Å². The van der Waals surface area contributed by atoms with Crippen molar-refractivity contribution >= 4 is 5.91 Å². The molecule has 2 aromatic rings. The minimum absolute atomic E-state index is 0.126. The minimum atomic E-state index is -0.250. The Morgan fingerprint density at radius 3 is 2.54 bits per heavy atom. The Morgan fingerprint density at radius 1 is 1.21 bits per heavy atom. The molecule has 152 valence electrons. The van der Waals surface area contributed by atoms with Crippen LogP contribution < -0.4 is 0 Å². The third-order valence-electron chi connectivity index (χ3n) is 5.61. The predicted molar refractivity (Wildman–Crippen MR) is 108 cm³/mol. The summed E-state index contributed by atoms with van der Waals surface area (Å²) in [6.07, 6.45) is 2.62. The van der Waals surface area contributed by atoms with Crippen LogP contribution in [0.15, 0.2) is 30.5 Å². The van der Waals surface area contributed by atoms with Crippen molar-refractivity contribution < 1.29 is 9.18 Å². The first kappa shape index (κ1) is 20.5. The lowest BCUT2D eigenvalue weighted by Crippen LogP contribution is -2.45. The first-order valence-electron chi connectivity index (χ1n) is 10.2. The maximum Gasteiger partial charge on any atom is 0.224 e. The van der Waals surface area contributed by atoms with Crippen molar-refractivity contribution in [2.45, 2.75) is 59.8 Å². The van der Waals surface area contributed by atoms with Gasteiger partial charge < -0.3 is 4.90 Å². The van der Waals surface area contributed by atoms with Crippen LogP contribution in [0.3, 0.4) is 0 Å². The first-order valence-corrected chi connectivity index (χ1v) is 10.2. The number of nitrogens with zero attached hydrogens (tertiary/aromatic N) is 4. The van der Waals surface area contributed by atoms with Gasteiger partial charge in [-0.2, -0.15) is 5.10 Å². The SMILES string of the molecule is CCn1cc(CN2CCC(=O)N(Cc3ccc(F)cc3)[C@H](C(C)C)C2)c(C)n1. The van der Waals surface area contributed by atoms with Gasteiger partial charge >= 0.3 is 0 Å². The van der Waals surface area contributed by atoms with Crippen LogP contribution in [0, 0.1) is 18.7 Å². The number of aromatic nitrogens is 2. The molecule has 28 heavy (non-hydrogen) atoms. The Morgan fingerprint density at radius 2 is 1.93 bits per heavy atom. The van der Waals surface area contributed by atoms with E-state index in [1.807, 2.05) is 16.5 Å². The predicted octanol–water partition coefficient (Wildman–Crippen LogP) is 3.61. The molecule has 1 aliphatic heterocycles. The fourth-order valence-electron chi connectivity index (χ4n) is 3.86. The lowest BCUT2D eigenvalue weighted by molar-refractivity contribution is -0.134. The smallest absolute Gasteiger partial charge is 0.224 e. The molecule has 0 N–H and O–H groups in total. The third-order valence-corrected chi connectivity index (χ3v) is 5.61. The van der Waals surface area contributed by atoms with Gasteiger partial charge in [-0.15, -0.1) is 0 Å². The van der Waals surface area contributed by atoms with E-state index in [2.05, 4.69) is 37.0 Å². The molecule has 0 bridgehead atoms. The van der Waals surface area contributed by atoms with Gasteiger partial charge in [-0.05, 0) is 37.5 Å². The second-order valence-corrected chi connectivity index (χ2v) is 8.04. The molecule has 1 aromatic carbocycles. The zero-order valence-electron chi connectivity index (χ0n) is 17.4. The summed E-state index contributed by atoms with van der Waals surface area (Å²) < 4.78 is 15.2. The molecule has 1 amide bonds. The van der Waals surface area contributed by atoms with Gasteiger partial charge in [-0.1, -0.05) is 26.0 Å². The highest BCUT2D eigenvalue weighted by Crippen LogP contribution is 2.22. The molecule has 1 fully saturated rings. The topological polar surface area (TPSA) is 41.4 Å². The fourth-order valence-corrected chi connectivity index (χ4v) is 3.86. The largest absolute Gasteiger partial charge is 0.334 e. The van der Waals surface area contributed by atoms with Crippen LogP contribution in [0.2, 0.25) is 0 Å². The number of halogens is 1. The molecular weight excluding hydrogens is 355 g/mol. The van der Waals surface area contributed by atoms with Gasteiger partial charge in [-0.3, -0.25) is 14.4 Å². The zero-order valence-corrected chi connectivity index (χ0v) is 17.4. The van der Waals surface area contributed by atoms with Crippen molar-refractivity contribution in [3.63, 3.8) is 0 Å². The summed E-state index contributed by atoms with van der Waals surface area (Å²) in [7, 11) is 0. The van der Waals surface area contributed by atoms with E-state index in [-0.39, 0.29) is 17.8 Å². The first-order chi connectivity index (χ1) is 13.4. The molecule has 0 unspecified atom stereocenters. The summed E-state index contributed by atoms with van der Waals surface area (Å²) in [6, 6.07) is 6.59. The molecule has 5 nitrogen and oxygen atoms in total. The molecule has 6 heteroatoms. The lowest BCUT2D eigenvalue weighted by Gasteiger charge is -2.35. The van der Waals surface area contributed by atoms with Crippen LogP contribution in [0.5, 0.6) is 0 Å². The maximum absolute atomic E-state index is 13.2. The molecule has 1 aromatic heterocycles. The molecule has 2 heterocycles. The van der Waals surface area contributed by atoms with E-state index in [4.69, 9.17) is 0 Å². The molecule has 1 saturated heterocycles. The van der Waals surface area contributed by atoms with Crippen LogP contribution >= 0.6 is 0 Å². The Balaban J connectivity index is 1.77. The maximum atomic E-state index is 13.2. The Labute approximate surface area is 167 Å². The van der Waals surface area contributed by atoms with Gasteiger partial charge in [0, 0.05) is 56.9 Å². The minimum Gasteiger partial charge on any atom is -0.334 e. The monoisotopic (exact) mass is 386 g/mol. The lowest BCUT2D eigenvalue weighted by atomic mass is 10.0. The summed E-state index contributed by atoms with van der Waals surface area (Å²) in [6.45, 7) is 12.3. The highest BCUT2D eigenvalue weighted by Gasteiger charge is 2.32. The average Bonchev–Trinajstić information content (AvgIpc) is 2.94. The number of hydrogen-bond donors (Lipinski definition) is 0. The Bertz CT molecular complexity index is 799. The van der Waals surface area contributed by atoms with E-state index in [0.29, 0.717) is 18.9 Å². The van der Waals surface area contributed by atoms with Crippen molar-refractivity contribution in [3.8, 4) is 0 Å². The number of carbonyl (C=O) groups excluding carboxylic acids is 1. The standard InChI is InChI=1S/C22H31FN4O/c1-5-26-14-19(17(4)24-26)13-25-11-10-22(28)27(21(15-25)16(2)3)12-18-6-8-20(23)9-7-18/h6-9,14,16,21H,5,10-13,15H2,1-4H3/t21-/m0/s1. The van der Waals surface area contributed by atoms with Gasteiger partial charge in [0.2, 0.25) is 5.91 Å². The summed E-state index contributed by atoms with van der Waals surface area (Å²) in [5.41, 5.74) is 3.25. The molecule has 1 atom stereocenters. The quantitative estimate of drug-likeness (QED) is 0.762. The molecule has 1 aliphatic rings. The summed E-state index contributed by atoms with van der Waals surface area (Å²) >= 11 is 0. The number of hydrogen-bond acceptors (Lipinski definition) is 3. The van der Waals surface area contributed by atoms with E-state index in [1.54, 1.807) is 12.1 Å². The van der Waals surface area contributed by atoms with Crippen LogP contribution in [0.4, 0.5) is 4.39 Å². The summed E-state index contributed by atoms with van der Waals surface area (Å²) in [4.78, 5) is 17.3. The van der Waals surface area contributed by atoms with Gasteiger partial charge in [0.05, 0.1) is 5.69 Å². The molecule has 0 spiro atoms. The third kappa shape index (κ3) is 4.79. The molecular formula is C22H31FN4O. The number of rotatable bonds is 6. The fraction of sp³-hybridized carbons (Fsp3) is 0.545. The molecule has 3 rings (SSSR count). The van der Waals surface area contributed by atoms with E-state index < -0.39 is 0 Å². The van der Waals surface area contributed by atoms with E-state index in [9.17, 15) is 9.18 Å². The number of amides is 1. The van der Waals surface area contributed by atoms with Gasteiger partial charge in [-0.25, -0.2) is 4.39 Å². The van der Waals surface area contributed by atoms with Crippen molar-refractivity contribution in [2.24, 2.45) is 5.92 Å². The molecule has 0 saturated carbocycles. The average molecular weight is 387 g/mol. The van der Waals surface area contributed by atoms with Gasteiger partial charge in [0.25, 0.3) is 0 Å². The van der Waals surface area contributed by atoms with E-state index >= 15 is 0 Å².